The van der Waals surface area contributed by atoms with E-state index in [1.165, 1.54) is 12.0 Å². The molecule has 0 spiro atoms. The quantitative estimate of drug-likeness (QED) is 0.355. The number of hydrogen-bond donors (Lipinski definition) is 1. The Morgan fingerprint density at radius 3 is 2.49 bits per heavy atom. The van der Waals surface area contributed by atoms with Crippen LogP contribution in [-0.4, -0.2) is 44.9 Å². The monoisotopic (exact) mass is 628 g/mol. The Morgan fingerprint density at radius 2 is 1.82 bits per heavy atom. The van der Waals surface area contributed by atoms with Gasteiger partial charge in [-0.2, -0.15) is 4.39 Å². The Labute approximate surface area is 266 Å². The minimum atomic E-state index is -1.01. The molecule has 2 unspecified atom stereocenters. The van der Waals surface area contributed by atoms with Crippen LogP contribution in [0.25, 0.3) is 0 Å². The van der Waals surface area contributed by atoms with Gasteiger partial charge in [0.25, 0.3) is 5.56 Å². The fourth-order valence-electron chi connectivity index (χ4n) is 9.70. The van der Waals surface area contributed by atoms with Crippen molar-refractivity contribution in [2.45, 2.75) is 136 Å². The second-order valence-electron chi connectivity index (χ2n) is 15.1. The van der Waals surface area contributed by atoms with Gasteiger partial charge in [-0.25, -0.2) is 4.79 Å². The zero-order valence-electron chi connectivity index (χ0n) is 28.0. The lowest BCUT2D eigenvalue weighted by atomic mass is 9.49. The van der Waals surface area contributed by atoms with Gasteiger partial charge in [-0.05, 0) is 72.7 Å². The van der Waals surface area contributed by atoms with Crippen molar-refractivity contribution in [3.05, 3.63) is 56.2 Å². The maximum absolute atomic E-state index is 15.4. The molecule has 1 aromatic heterocycles. The summed E-state index contributed by atoms with van der Waals surface area (Å²) in [5.41, 5.74) is 1.70. The SMILES string of the molecule is CCCC1(CCC)OC2[C@@H](CO)O[C@@H](n3cc(F)c(=O)n(CC4CC[C@]5(C)[C@H]6CCC(C(C)C)=CC6=CC[C@H]5[C@H]4C)c3=O)[C@H]2O1. The van der Waals surface area contributed by atoms with E-state index in [-0.39, 0.29) is 30.4 Å². The number of rotatable bonds is 9. The molecule has 45 heavy (non-hydrogen) atoms. The Bertz CT molecular complexity index is 1440. The molecule has 3 fully saturated rings. The van der Waals surface area contributed by atoms with Gasteiger partial charge in [0.2, 0.25) is 5.82 Å². The van der Waals surface area contributed by atoms with Crippen LogP contribution >= 0.6 is 0 Å². The summed E-state index contributed by atoms with van der Waals surface area (Å²) in [4.78, 5) is 27.2. The zero-order valence-corrected chi connectivity index (χ0v) is 28.0. The molecule has 3 aliphatic carbocycles. The zero-order chi connectivity index (χ0) is 32.3. The second kappa shape index (κ2) is 12.5. The molecule has 9 atom stereocenters. The lowest BCUT2D eigenvalue weighted by molar-refractivity contribution is -0.227. The van der Waals surface area contributed by atoms with Crippen molar-refractivity contribution in [3.63, 3.8) is 0 Å². The minimum Gasteiger partial charge on any atom is -0.394 e. The number of allylic oxidation sites excluding steroid dienone is 4. The molecule has 2 aliphatic heterocycles. The average Bonchev–Trinajstić information content (AvgIpc) is 3.53. The van der Waals surface area contributed by atoms with Crippen molar-refractivity contribution in [1.82, 2.24) is 9.13 Å². The Kier molecular flexibility index (Phi) is 9.13. The third-order valence-electron chi connectivity index (χ3n) is 12.2. The van der Waals surface area contributed by atoms with Gasteiger partial charge in [0, 0.05) is 19.4 Å². The van der Waals surface area contributed by atoms with Crippen LogP contribution < -0.4 is 11.2 Å². The Balaban J connectivity index is 1.27. The van der Waals surface area contributed by atoms with E-state index < -0.39 is 47.4 Å². The van der Waals surface area contributed by atoms with Crippen LogP contribution in [0.4, 0.5) is 4.39 Å². The molecule has 0 bridgehead atoms. The van der Waals surface area contributed by atoms with Crippen molar-refractivity contribution in [2.75, 3.05) is 6.61 Å². The molecule has 3 heterocycles. The van der Waals surface area contributed by atoms with Crippen molar-refractivity contribution in [1.29, 1.82) is 0 Å². The molecule has 0 amide bonds. The smallest absolute Gasteiger partial charge is 0.333 e. The topological polar surface area (TPSA) is 91.9 Å². The van der Waals surface area contributed by atoms with E-state index in [0.717, 1.165) is 53.9 Å². The molecule has 6 rings (SSSR count). The highest BCUT2D eigenvalue weighted by molar-refractivity contribution is 5.35. The third-order valence-corrected chi connectivity index (χ3v) is 12.2. The van der Waals surface area contributed by atoms with Crippen molar-refractivity contribution in [2.24, 2.45) is 35.0 Å². The van der Waals surface area contributed by atoms with Crippen molar-refractivity contribution >= 4 is 0 Å². The normalized spacial score (nSPS) is 37.2. The van der Waals surface area contributed by atoms with Crippen molar-refractivity contribution < 1.29 is 23.7 Å². The highest BCUT2D eigenvalue weighted by atomic mass is 19.1. The summed E-state index contributed by atoms with van der Waals surface area (Å²) in [5, 5.41) is 10.1. The molecule has 8 nitrogen and oxygen atoms in total. The predicted octanol–water partition coefficient (Wildman–Crippen LogP) is 6.11. The van der Waals surface area contributed by atoms with Crippen LogP contribution in [-0.2, 0) is 20.8 Å². The first kappa shape index (κ1) is 32.9. The first-order valence-electron chi connectivity index (χ1n) is 17.5. The summed E-state index contributed by atoms with van der Waals surface area (Å²) in [6, 6.07) is 0. The largest absolute Gasteiger partial charge is 0.394 e. The summed E-state index contributed by atoms with van der Waals surface area (Å²) in [7, 11) is 0. The maximum Gasteiger partial charge on any atom is 0.333 e. The van der Waals surface area contributed by atoms with Crippen molar-refractivity contribution in [3.8, 4) is 0 Å². The number of aromatic nitrogens is 2. The highest BCUT2D eigenvalue weighted by Gasteiger charge is 2.58. The number of fused-ring (bicyclic) bond motifs is 4. The molecule has 1 aromatic rings. The highest BCUT2D eigenvalue weighted by Crippen LogP contribution is 2.59. The number of nitrogens with zero attached hydrogens (tertiary/aromatic N) is 2. The van der Waals surface area contributed by atoms with Crippen LogP contribution in [0.2, 0.25) is 0 Å². The first-order chi connectivity index (χ1) is 21.5. The maximum atomic E-state index is 15.4. The fraction of sp³-hybridized carbons (Fsp3) is 0.778. The van der Waals surface area contributed by atoms with Crippen LogP contribution in [0.3, 0.4) is 0 Å². The standard InChI is InChI=1S/C36H53FN2O6/c1-7-14-36(15-8-2)44-30-29(20-40)43-33(31(30)45-36)39-19-28(37)32(41)38(34(39)42)18-25-13-16-35(6)26(22(25)5)11-10-24-17-23(21(3)4)9-12-27(24)35/h10,17,19,21-22,25-27,29-31,33,40H,7-9,11-16,18,20H2,1-6H3/t22-,25?,26-,27-,29+,30?,31-,33+,35-/m0/s1. The molecular formula is C36H53FN2O6. The minimum absolute atomic E-state index is 0.0688. The Hall–Kier alpha value is -2.07. The number of aliphatic hydroxyl groups is 1. The predicted molar refractivity (Wildman–Crippen MR) is 170 cm³/mol. The summed E-state index contributed by atoms with van der Waals surface area (Å²) in [6.45, 7) is 13.2. The third kappa shape index (κ3) is 5.53. The van der Waals surface area contributed by atoms with E-state index in [1.54, 1.807) is 5.57 Å². The summed E-state index contributed by atoms with van der Waals surface area (Å²) < 4.78 is 36.6. The van der Waals surface area contributed by atoms with Crippen LogP contribution in [0.1, 0.15) is 106 Å². The molecule has 2 saturated heterocycles. The lowest BCUT2D eigenvalue weighted by Gasteiger charge is -2.56. The van der Waals surface area contributed by atoms with Gasteiger partial charge in [0.1, 0.15) is 18.3 Å². The van der Waals surface area contributed by atoms with Crippen LogP contribution in [0, 0.1) is 40.8 Å². The van der Waals surface area contributed by atoms with E-state index in [1.807, 2.05) is 0 Å². The van der Waals surface area contributed by atoms with E-state index in [9.17, 15) is 14.7 Å². The molecule has 5 aliphatic rings. The molecule has 0 aromatic carbocycles. The van der Waals surface area contributed by atoms with Gasteiger partial charge in [0.15, 0.2) is 12.0 Å². The van der Waals surface area contributed by atoms with E-state index in [4.69, 9.17) is 14.2 Å². The van der Waals surface area contributed by atoms with Crippen LogP contribution in [0.5, 0.6) is 0 Å². The van der Waals surface area contributed by atoms with E-state index in [2.05, 4.69) is 53.7 Å². The van der Waals surface area contributed by atoms with Gasteiger partial charge >= 0.3 is 5.69 Å². The molecule has 0 radical (unpaired) electrons. The molecule has 250 valence electrons. The molecule has 9 heteroatoms. The van der Waals surface area contributed by atoms with Gasteiger partial charge in [-0.3, -0.25) is 13.9 Å². The van der Waals surface area contributed by atoms with Gasteiger partial charge in [0.05, 0.1) is 12.8 Å². The number of ether oxygens (including phenoxy) is 3. The van der Waals surface area contributed by atoms with Gasteiger partial charge in [-0.1, -0.05) is 72.1 Å². The second-order valence-corrected chi connectivity index (χ2v) is 15.1. The van der Waals surface area contributed by atoms with Crippen LogP contribution in [0.15, 0.2) is 39.1 Å². The first-order valence-corrected chi connectivity index (χ1v) is 17.5. The summed E-state index contributed by atoms with van der Waals surface area (Å²) in [5.74, 6) is 0.0314. The number of halogens is 1. The van der Waals surface area contributed by atoms with E-state index >= 15 is 4.39 Å². The van der Waals surface area contributed by atoms with Gasteiger partial charge < -0.3 is 19.3 Å². The number of aliphatic hydroxyl groups excluding tert-OH is 1. The Morgan fingerprint density at radius 1 is 1.11 bits per heavy atom. The molecule has 1 saturated carbocycles. The molecular weight excluding hydrogens is 575 g/mol. The summed E-state index contributed by atoms with van der Waals surface area (Å²) >= 11 is 0. The summed E-state index contributed by atoms with van der Waals surface area (Å²) in [6.07, 6.45) is 11.0. The average molecular weight is 629 g/mol. The number of hydrogen-bond acceptors (Lipinski definition) is 6. The molecule has 1 N–H and O–H groups in total. The fourth-order valence-corrected chi connectivity index (χ4v) is 9.70. The lowest BCUT2D eigenvalue weighted by Crippen LogP contribution is -2.51. The van der Waals surface area contributed by atoms with E-state index in [0.29, 0.717) is 30.6 Å². The van der Waals surface area contributed by atoms with Gasteiger partial charge in [-0.15, -0.1) is 0 Å².